The molecule has 0 amide bonds. The van der Waals surface area contributed by atoms with Crippen LogP contribution in [0.3, 0.4) is 0 Å². The Balaban J connectivity index is 0. The monoisotopic (exact) mass is 218 g/mol. The summed E-state index contributed by atoms with van der Waals surface area (Å²) >= 11 is 0. The van der Waals surface area contributed by atoms with Crippen molar-refractivity contribution >= 4 is 0 Å². The second-order valence-corrected chi connectivity index (χ2v) is 4.29. The second-order valence-electron chi connectivity index (χ2n) is 4.29. The minimum absolute atomic E-state index is 0.167. The van der Waals surface area contributed by atoms with Gasteiger partial charge in [-0.25, -0.2) is 0 Å². The largest absolute Gasteiger partial charge is 0.396 e. The molecule has 0 aromatic carbocycles. The highest BCUT2D eigenvalue weighted by Crippen LogP contribution is 2.07. The van der Waals surface area contributed by atoms with Crippen molar-refractivity contribution in [1.82, 2.24) is 0 Å². The molecule has 0 aromatic heterocycles. The summed E-state index contributed by atoms with van der Waals surface area (Å²) in [7, 11) is 0. The fourth-order valence-electron chi connectivity index (χ4n) is 1.25. The SMILES string of the molecule is CC(C)O.CCCCCCCCCCO. The van der Waals surface area contributed by atoms with E-state index >= 15 is 0 Å². The van der Waals surface area contributed by atoms with E-state index in [-0.39, 0.29) is 6.10 Å². The predicted octanol–water partition coefficient (Wildman–Crippen LogP) is 3.51. The molecular weight excluding hydrogens is 188 g/mol. The standard InChI is InChI=1S/C10H22O.C3H8O/c1-2-3-4-5-6-7-8-9-10-11;1-3(2)4/h11H,2-10H2,1H3;3-4H,1-2H3. The molecule has 94 valence electrons. The molecule has 15 heavy (non-hydrogen) atoms. The summed E-state index contributed by atoms with van der Waals surface area (Å²) in [5.74, 6) is 0. The third-order valence-electron chi connectivity index (χ3n) is 2.01. The first kappa shape index (κ1) is 17.3. The molecular formula is C13H30O2. The van der Waals surface area contributed by atoms with E-state index < -0.39 is 0 Å². The van der Waals surface area contributed by atoms with E-state index in [4.69, 9.17) is 10.2 Å². The molecule has 0 radical (unpaired) electrons. The summed E-state index contributed by atoms with van der Waals surface area (Å²) in [6.07, 6.45) is 10.2. The summed E-state index contributed by atoms with van der Waals surface area (Å²) < 4.78 is 0. The highest BCUT2D eigenvalue weighted by Gasteiger charge is 1.89. The first-order valence-electron chi connectivity index (χ1n) is 6.44. The van der Waals surface area contributed by atoms with Gasteiger partial charge in [-0.2, -0.15) is 0 Å². The van der Waals surface area contributed by atoms with Crippen LogP contribution in [0.5, 0.6) is 0 Å². The van der Waals surface area contributed by atoms with Crippen LogP contribution in [0.15, 0.2) is 0 Å². The smallest absolute Gasteiger partial charge is 0.0483 e. The molecule has 0 saturated carbocycles. The van der Waals surface area contributed by atoms with Crippen molar-refractivity contribution in [2.45, 2.75) is 78.2 Å². The fourth-order valence-corrected chi connectivity index (χ4v) is 1.25. The maximum absolute atomic E-state index is 8.51. The van der Waals surface area contributed by atoms with Crippen LogP contribution in [0.1, 0.15) is 72.1 Å². The number of hydrogen-bond acceptors (Lipinski definition) is 2. The number of hydrogen-bond donors (Lipinski definition) is 2. The first-order chi connectivity index (χ1) is 7.15. The Morgan fingerprint density at radius 3 is 1.47 bits per heavy atom. The van der Waals surface area contributed by atoms with Crippen LogP contribution in [0.2, 0.25) is 0 Å². The number of aliphatic hydroxyl groups is 2. The van der Waals surface area contributed by atoms with Crippen molar-refractivity contribution in [3.63, 3.8) is 0 Å². The molecule has 2 heteroatoms. The molecule has 2 N–H and O–H groups in total. The van der Waals surface area contributed by atoms with E-state index in [2.05, 4.69) is 6.92 Å². The molecule has 0 aliphatic heterocycles. The van der Waals surface area contributed by atoms with Gasteiger partial charge in [-0.15, -0.1) is 0 Å². The highest BCUT2D eigenvalue weighted by atomic mass is 16.3. The zero-order chi connectivity index (χ0) is 11.9. The second kappa shape index (κ2) is 16.4. The number of aliphatic hydroxyl groups excluding tert-OH is 2. The molecule has 0 unspecified atom stereocenters. The molecule has 0 saturated heterocycles. The molecule has 0 spiro atoms. The van der Waals surface area contributed by atoms with Crippen molar-refractivity contribution < 1.29 is 10.2 Å². The highest BCUT2D eigenvalue weighted by molar-refractivity contribution is 4.44. The Kier molecular flexibility index (Phi) is 18.9. The Hall–Kier alpha value is -0.0800. The van der Waals surface area contributed by atoms with E-state index in [1.807, 2.05) is 0 Å². The molecule has 0 rings (SSSR count). The lowest BCUT2D eigenvalue weighted by Crippen LogP contribution is -1.85. The zero-order valence-corrected chi connectivity index (χ0v) is 10.8. The molecule has 0 bridgehead atoms. The van der Waals surface area contributed by atoms with Crippen LogP contribution in [0, 0.1) is 0 Å². The van der Waals surface area contributed by atoms with Gasteiger partial charge >= 0.3 is 0 Å². The molecule has 2 nitrogen and oxygen atoms in total. The number of rotatable bonds is 8. The molecule has 0 aliphatic rings. The lowest BCUT2D eigenvalue weighted by atomic mass is 10.1. The Morgan fingerprint density at radius 2 is 1.13 bits per heavy atom. The molecule has 0 heterocycles. The first-order valence-corrected chi connectivity index (χ1v) is 6.44. The number of unbranched alkanes of at least 4 members (excludes halogenated alkanes) is 7. The van der Waals surface area contributed by atoms with Gasteiger partial charge in [0, 0.05) is 12.7 Å². The minimum Gasteiger partial charge on any atom is -0.396 e. The van der Waals surface area contributed by atoms with Gasteiger partial charge in [0.2, 0.25) is 0 Å². The van der Waals surface area contributed by atoms with Gasteiger partial charge in [0.05, 0.1) is 0 Å². The van der Waals surface area contributed by atoms with Gasteiger partial charge in [0.1, 0.15) is 0 Å². The summed E-state index contributed by atoms with van der Waals surface area (Å²) in [5, 5.41) is 16.6. The molecule has 0 fully saturated rings. The van der Waals surface area contributed by atoms with E-state index in [9.17, 15) is 0 Å². The van der Waals surface area contributed by atoms with Crippen molar-refractivity contribution in [2.75, 3.05) is 6.61 Å². The fraction of sp³-hybridized carbons (Fsp3) is 1.00. The summed E-state index contributed by atoms with van der Waals surface area (Å²) in [6, 6.07) is 0. The van der Waals surface area contributed by atoms with Crippen LogP contribution in [0.4, 0.5) is 0 Å². The normalized spacial score (nSPS) is 10.0. The predicted molar refractivity (Wildman–Crippen MR) is 67.1 cm³/mol. The van der Waals surface area contributed by atoms with Gasteiger partial charge in [0.25, 0.3) is 0 Å². The van der Waals surface area contributed by atoms with E-state index in [0.29, 0.717) is 6.61 Å². The average Bonchev–Trinajstić information content (AvgIpc) is 2.16. The van der Waals surface area contributed by atoms with Crippen molar-refractivity contribution in [2.24, 2.45) is 0 Å². The van der Waals surface area contributed by atoms with Gasteiger partial charge < -0.3 is 10.2 Å². The van der Waals surface area contributed by atoms with Crippen molar-refractivity contribution in [3.8, 4) is 0 Å². The topological polar surface area (TPSA) is 40.5 Å². The van der Waals surface area contributed by atoms with E-state index in [0.717, 1.165) is 6.42 Å². The maximum atomic E-state index is 8.51. The van der Waals surface area contributed by atoms with Crippen LogP contribution >= 0.6 is 0 Å². The van der Waals surface area contributed by atoms with Gasteiger partial charge in [0.15, 0.2) is 0 Å². The summed E-state index contributed by atoms with van der Waals surface area (Å²) in [5.41, 5.74) is 0. The molecule has 0 atom stereocenters. The van der Waals surface area contributed by atoms with E-state index in [1.54, 1.807) is 13.8 Å². The van der Waals surface area contributed by atoms with Gasteiger partial charge in [-0.1, -0.05) is 51.9 Å². The third-order valence-corrected chi connectivity index (χ3v) is 2.01. The van der Waals surface area contributed by atoms with Crippen LogP contribution < -0.4 is 0 Å². The average molecular weight is 218 g/mol. The van der Waals surface area contributed by atoms with Crippen molar-refractivity contribution in [1.29, 1.82) is 0 Å². The minimum atomic E-state index is -0.167. The van der Waals surface area contributed by atoms with Gasteiger partial charge in [-0.3, -0.25) is 0 Å². The lowest BCUT2D eigenvalue weighted by molar-refractivity contribution is 0.216. The lowest BCUT2D eigenvalue weighted by Gasteiger charge is -1.98. The van der Waals surface area contributed by atoms with Crippen LogP contribution in [0.25, 0.3) is 0 Å². The summed E-state index contributed by atoms with van der Waals surface area (Å²) in [4.78, 5) is 0. The maximum Gasteiger partial charge on any atom is 0.0483 e. The van der Waals surface area contributed by atoms with E-state index in [1.165, 1.54) is 44.9 Å². The Morgan fingerprint density at radius 1 is 0.800 bits per heavy atom. The van der Waals surface area contributed by atoms with Crippen LogP contribution in [-0.2, 0) is 0 Å². The Labute approximate surface area is 95.7 Å². The quantitative estimate of drug-likeness (QED) is 0.612. The Bertz CT molecular complexity index is 81.8. The third kappa shape index (κ3) is 31.5. The molecule has 0 aliphatic carbocycles. The zero-order valence-electron chi connectivity index (χ0n) is 10.8. The van der Waals surface area contributed by atoms with Crippen molar-refractivity contribution in [3.05, 3.63) is 0 Å². The summed E-state index contributed by atoms with van der Waals surface area (Å²) in [6.45, 7) is 6.06. The molecule has 0 aromatic rings. The van der Waals surface area contributed by atoms with Crippen LogP contribution in [-0.4, -0.2) is 22.9 Å². The van der Waals surface area contributed by atoms with Gasteiger partial charge in [-0.05, 0) is 20.3 Å².